The molecule has 1 amide bonds. The van der Waals surface area contributed by atoms with E-state index in [0.717, 1.165) is 56.9 Å². The Morgan fingerprint density at radius 3 is 2.65 bits per heavy atom. The highest BCUT2D eigenvalue weighted by Crippen LogP contribution is 2.46. The van der Waals surface area contributed by atoms with E-state index in [4.69, 9.17) is 4.74 Å². The van der Waals surface area contributed by atoms with E-state index in [0.29, 0.717) is 30.6 Å². The topological polar surface area (TPSA) is 54.5 Å². The monoisotopic (exact) mass is 439 g/mol. The molecule has 3 aliphatic rings. The summed E-state index contributed by atoms with van der Waals surface area (Å²) in [7, 11) is 0. The lowest BCUT2D eigenvalue weighted by Gasteiger charge is -2.40. The van der Waals surface area contributed by atoms with Crippen molar-refractivity contribution in [2.24, 2.45) is 11.3 Å². The second kappa shape index (κ2) is 8.70. The number of hydrogen-bond donors (Lipinski definition) is 1. The summed E-state index contributed by atoms with van der Waals surface area (Å²) < 4.78 is 44.8. The number of nitrogens with zero attached hydrogens (tertiary/aromatic N) is 2. The van der Waals surface area contributed by atoms with Gasteiger partial charge >= 0.3 is 6.18 Å². The minimum absolute atomic E-state index is 0.0924. The van der Waals surface area contributed by atoms with Gasteiger partial charge in [0.2, 0.25) is 5.91 Å². The molecule has 0 aromatic carbocycles. The van der Waals surface area contributed by atoms with Crippen molar-refractivity contribution in [2.45, 2.75) is 77.2 Å². The van der Waals surface area contributed by atoms with Gasteiger partial charge in [-0.2, -0.15) is 13.2 Å². The second-order valence-corrected chi connectivity index (χ2v) is 9.62. The molecule has 0 spiro atoms. The van der Waals surface area contributed by atoms with Gasteiger partial charge in [-0.05, 0) is 61.6 Å². The number of aromatic nitrogens is 1. The lowest BCUT2D eigenvalue weighted by atomic mass is 9.74. The van der Waals surface area contributed by atoms with Crippen molar-refractivity contribution in [3.8, 4) is 0 Å². The van der Waals surface area contributed by atoms with E-state index in [2.05, 4.69) is 24.1 Å². The van der Waals surface area contributed by atoms with Crippen LogP contribution in [0.1, 0.15) is 62.8 Å². The van der Waals surface area contributed by atoms with E-state index >= 15 is 0 Å². The molecule has 0 unspecified atom stereocenters. The van der Waals surface area contributed by atoms with Crippen LogP contribution in [0.2, 0.25) is 0 Å². The molecule has 172 valence electrons. The van der Waals surface area contributed by atoms with Crippen LogP contribution in [0.25, 0.3) is 0 Å². The van der Waals surface area contributed by atoms with Crippen LogP contribution >= 0.6 is 0 Å². The number of carbonyl (C=O) groups excluding carboxylic acids is 1. The fraction of sp³-hybridized carbons (Fsp3) is 0.739. The maximum atomic E-state index is 13.7. The molecule has 31 heavy (non-hydrogen) atoms. The first kappa shape index (κ1) is 22.5. The van der Waals surface area contributed by atoms with Gasteiger partial charge in [0.1, 0.15) is 5.69 Å². The SMILES string of the molecule is CC(C)[C@@]1(C(=O)N2CCc3cnc(C(F)(F)F)cc3C2)CC[C@H](NC2CCOCC2)C1. The van der Waals surface area contributed by atoms with Gasteiger partial charge in [-0.3, -0.25) is 9.78 Å². The number of hydrogen-bond acceptors (Lipinski definition) is 4. The van der Waals surface area contributed by atoms with Gasteiger partial charge < -0.3 is 15.0 Å². The zero-order chi connectivity index (χ0) is 22.2. The number of fused-ring (bicyclic) bond motifs is 1. The number of halogens is 3. The molecule has 1 aromatic heterocycles. The number of nitrogens with one attached hydrogen (secondary N) is 1. The summed E-state index contributed by atoms with van der Waals surface area (Å²) in [6.07, 6.45) is 1.94. The first-order chi connectivity index (χ1) is 14.7. The highest BCUT2D eigenvalue weighted by Gasteiger charge is 2.49. The first-order valence-corrected chi connectivity index (χ1v) is 11.4. The number of carbonyl (C=O) groups is 1. The van der Waals surface area contributed by atoms with E-state index in [1.807, 2.05) is 0 Å². The third kappa shape index (κ3) is 4.60. The lowest BCUT2D eigenvalue weighted by molar-refractivity contribution is -0.146. The van der Waals surface area contributed by atoms with Gasteiger partial charge in [0.25, 0.3) is 0 Å². The molecule has 0 radical (unpaired) electrons. The Hall–Kier alpha value is -1.67. The molecule has 1 N–H and O–H groups in total. The summed E-state index contributed by atoms with van der Waals surface area (Å²) >= 11 is 0. The van der Waals surface area contributed by atoms with Crippen molar-refractivity contribution in [3.05, 3.63) is 29.1 Å². The van der Waals surface area contributed by atoms with Crippen LogP contribution < -0.4 is 5.32 Å². The first-order valence-electron chi connectivity index (χ1n) is 11.4. The summed E-state index contributed by atoms with van der Waals surface area (Å²) in [5.74, 6) is 0.265. The average Bonchev–Trinajstić information content (AvgIpc) is 3.17. The molecule has 0 bridgehead atoms. The van der Waals surface area contributed by atoms with Gasteiger partial charge in [-0.25, -0.2) is 0 Å². The summed E-state index contributed by atoms with van der Waals surface area (Å²) in [5, 5.41) is 3.74. The van der Waals surface area contributed by atoms with Gasteiger partial charge in [0.05, 0.1) is 5.41 Å². The molecule has 2 aliphatic heterocycles. The van der Waals surface area contributed by atoms with Gasteiger partial charge in [0.15, 0.2) is 0 Å². The van der Waals surface area contributed by atoms with Crippen molar-refractivity contribution < 1.29 is 22.7 Å². The van der Waals surface area contributed by atoms with Crippen LogP contribution in [0.4, 0.5) is 13.2 Å². The van der Waals surface area contributed by atoms with Crippen molar-refractivity contribution in [1.82, 2.24) is 15.2 Å². The molecule has 2 fully saturated rings. The maximum absolute atomic E-state index is 13.7. The molecule has 1 aromatic rings. The highest BCUT2D eigenvalue weighted by molar-refractivity contribution is 5.83. The molecule has 4 rings (SSSR count). The van der Waals surface area contributed by atoms with Crippen molar-refractivity contribution in [3.63, 3.8) is 0 Å². The van der Waals surface area contributed by atoms with Crippen LogP contribution in [0, 0.1) is 11.3 Å². The van der Waals surface area contributed by atoms with Gasteiger partial charge in [-0.1, -0.05) is 13.8 Å². The van der Waals surface area contributed by atoms with Crippen LogP contribution in [-0.4, -0.2) is 47.6 Å². The standard InChI is InChI=1S/C23H32F3N3O2/c1-15(2)22(7-3-19(12-22)28-18-5-9-31-10-6-18)21(30)29-8-4-16-13-27-20(23(24,25)26)11-17(16)14-29/h11,13,15,18-19,28H,3-10,12,14H2,1-2H3/t19-,22+/m0/s1. The third-order valence-electron chi connectivity index (χ3n) is 7.45. The smallest absolute Gasteiger partial charge is 0.381 e. The van der Waals surface area contributed by atoms with Gasteiger partial charge in [-0.15, -0.1) is 0 Å². The predicted octanol–water partition coefficient (Wildman–Crippen LogP) is 3.95. The van der Waals surface area contributed by atoms with E-state index < -0.39 is 17.3 Å². The van der Waals surface area contributed by atoms with Crippen LogP contribution in [0.15, 0.2) is 12.3 Å². The number of ether oxygens (including phenoxy) is 1. The van der Waals surface area contributed by atoms with Crippen LogP contribution in [-0.2, 0) is 28.7 Å². The second-order valence-electron chi connectivity index (χ2n) is 9.62. The number of rotatable bonds is 4. The number of amides is 1. The Balaban J connectivity index is 1.48. The van der Waals surface area contributed by atoms with Crippen molar-refractivity contribution >= 4 is 5.91 Å². The minimum atomic E-state index is -4.48. The Labute approximate surface area is 181 Å². The Morgan fingerprint density at radius 2 is 1.97 bits per heavy atom. The molecule has 1 saturated carbocycles. The van der Waals surface area contributed by atoms with E-state index in [9.17, 15) is 18.0 Å². The molecule has 2 atom stereocenters. The van der Waals surface area contributed by atoms with Crippen LogP contribution in [0.3, 0.4) is 0 Å². The molecular formula is C23H32F3N3O2. The van der Waals surface area contributed by atoms with E-state index in [1.165, 1.54) is 6.20 Å². The number of alkyl halides is 3. The molecule has 5 nitrogen and oxygen atoms in total. The minimum Gasteiger partial charge on any atom is -0.381 e. The Bertz CT molecular complexity index is 808. The number of pyridine rings is 1. The molecule has 8 heteroatoms. The predicted molar refractivity (Wildman–Crippen MR) is 110 cm³/mol. The molecule has 3 heterocycles. The molecule has 1 aliphatic carbocycles. The van der Waals surface area contributed by atoms with Gasteiger partial charge in [0, 0.05) is 44.6 Å². The largest absolute Gasteiger partial charge is 0.433 e. The summed E-state index contributed by atoms with van der Waals surface area (Å²) in [5.41, 5.74) is 0.0257. The zero-order valence-electron chi connectivity index (χ0n) is 18.3. The summed E-state index contributed by atoms with van der Waals surface area (Å²) in [6.45, 7) is 6.51. The lowest BCUT2D eigenvalue weighted by Crippen LogP contribution is -2.49. The normalized spacial score (nSPS) is 27.5. The fourth-order valence-electron chi connectivity index (χ4n) is 5.46. The molecule has 1 saturated heterocycles. The maximum Gasteiger partial charge on any atom is 0.433 e. The quantitative estimate of drug-likeness (QED) is 0.772. The average molecular weight is 440 g/mol. The van der Waals surface area contributed by atoms with Crippen molar-refractivity contribution in [1.29, 1.82) is 0 Å². The third-order valence-corrected chi connectivity index (χ3v) is 7.45. The fourth-order valence-corrected chi connectivity index (χ4v) is 5.46. The van der Waals surface area contributed by atoms with Crippen LogP contribution in [0.5, 0.6) is 0 Å². The van der Waals surface area contributed by atoms with E-state index in [-0.39, 0.29) is 18.4 Å². The molecular weight excluding hydrogens is 407 g/mol. The zero-order valence-corrected chi connectivity index (χ0v) is 18.3. The Morgan fingerprint density at radius 1 is 1.23 bits per heavy atom. The summed E-state index contributed by atoms with van der Waals surface area (Å²) in [6, 6.07) is 1.85. The Kier molecular flexibility index (Phi) is 6.32. The highest BCUT2D eigenvalue weighted by atomic mass is 19.4. The van der Waals surface area contributed by atoms with E-state index in [1.54, 1.807) is 4.90 Å². The van der Waals surface area contributed by atoms with Crippen molar-refractivity contribution in [2.75, 3.05) is 19.8 Å². The summed E-state index contributed by atoms with van der Waals surface area (Å²) in [4.78, 5) is 19.1.